The maximum Gasteiger partial charge on any atom is 0.223 e. The largest absolute Gasteiger partial charge is 0.389 e. The Hall–Kier alpha value is -1.49. The Bertz CT molecular complexity index is 504. The van der Waals surface area contributed by atoms with Crippen molar-refractivity contribution in [2.24, 2.45) is 11.7 Å². The predicted octanol–water partition coefficient (Wildman–Crippen LogP) is 1.83. The van der Waals surface area contributed by atoms with E-state index >= 15 is 0 Å². The molecule has 1 saturated heterocycles. The van der Waals surface area contributed by atoms with Crippen LogP contribution in [0.2, 0.25) is 0 Å². The van der Waals surface area contributed by atoms with Crippen LogP contribution in [0.25, 0.3) is 0 Å². The number of amides is 1. The molecule has 0 saturated carbocycles. The number of likely N-dealkylation sites (tertiary alicyclic amines) is 1. The second kappa shape index (κ2) is 5.02. The van der Waals surface area contributed by atoms with Crippen LogP contribution in [0.1, 0.15) is 24.5 Å². The zero-order valence-electron chi connectivity index (χ0n) is 10.1. The maximum absolute atomic E-state index is 13.2. The van der Waals surface area contributed by atoms with Crippen LogP contribution in [0.3, 0.4) is 0 Å². The maximum atomic E-state index is 13.2. The fourth-order valence-electron chi connectivity index (χ4n) is 2.24. The number of halogens is 1. The average molecular weight is 266 g/mol. The standard InChI is InChI=1S/C13H15FN2OS/c1-8-4-12(17)16(6-8)7-9-2-3-10(14)5-11(9)13(15)18/h2-3,5,8H,4,6-7H2,1H3,(H2,15,18). The number of hydrogen-bond acceptors (Lipinski definition) is 2. The summed E-state index contributed by atoms with van der Waals surface area (Å²) in [4.78, 5) is 13.6. The van der Waals surface area contributed by atoms with Gasteiger partial charge < -0.3 is 10.6 Å². The molecule has 0 bridgehead atoms. The molecule has 1 aliphatic heterocycles. The third-order valence-electron chi connectivity index (χ3n) is 3.11. The van der Waals surface area contributed by atoms with Crippen LogP contribution in [0.4, 0.5) is 4.39 Å². The third-order valence-corrected chi connectivity index (χ3v) is 3.33. The van der Waals surface area contributed by atoms with Crippen LogP contribution >= 0.6 is 12.2 Å². The first-order valence-corrected chi connectivity index (χ1v) is 6.24. The van der Waals surface area contributed by atoms with E-state index in [4.69, 9.17) is 18.0 Å². The molecular formula is C13H15FN2OS. The molecule has 0 aromatic heterocycles. The number of benzene rings is 1. The van der Waals surface area contributed by atoms with Crippen molar-refractivity contribution in [3.63, 3.8) is 0 Å². The zero-order chi connectivity index (χ0) is 13.3. The van der Waals surface area contributed by atoms with E-state index in [9.17, 15) is 9.18 Å². The summed E-state index contributed by atoms with van der Waals surface area (Å²) in [7, 11) is 0. The number of carbonyl (C=O) groups excluding carboxylic acids is 1. The van der Waals surface area contributed by atoms with Gasteiger partial charge in [-0.3, -0.25) is 4.79 Å². The van der Waals surface area contributed by atoms with Crippen molar-refractivity contribution >= 4 is 23.1 Å². The van der Waals surface area contributed by atoms with Crippen LogP contribution in [0.5, 0.6) is 0 Å². The Balaban J connectivity index is 2.24. The molecule has 0 spiro atoms. The average Bonchev–Trinajstić information content (AvgIpc) is 2.60. The summed E-state index contributed by atoms with van der Waals surface area (Å²) in [5.74, 6) is 0.120. The van der Waals surface area contributed by atoms with Crippen molar-refractivity contribution in [1.82, 2.24) is 4.90 Å². The molecule has 0 radical (unpaired) electrons. The fourth-order valence-corrected chi connectivity index (χ4v) is 2.43. The highest BCUT2D eigenvalue weighted by Crippen LogP contribution is 2.21. The number of nitrogens with zero attached hydrogens (tertiary/aromatic N) is 1. The first-order chi connectivity index (χ1) is 8.47. The van der Waals surface area contributed by atoms with Crippen molar-refractivity contribution in [1.29, 1.82) is 0 Å². The van der Waals surface area contributed by atoms with E-state index in [2.05, 4.69) is 0 Å². The summed E-state index contributed by atoms with van der Waals surface area (Å²) in [6.45, 7) is 3.21. The molecule has 2 rings (SSSR count). The summed E-state index contributed by atoms with van der Waals surface area (Å²) in [6.07, 6.45) is 0.573. The smallest absolute Gasteiger partial charge is 0.223 e. The van der Waals surface area contributed by atoms with Gasteiger partial charge in [0.15, 0.2) is 0 Å². The van der Waals surface area contributed by atoms with Crippen LogP contribution in [-0.4, -0.2) is 22.3 Å². The molecule has 18 heavy (non-hydrogen) atoms. The van der Waals surface area contributed by atoms with Gasteiger partial charge in [0.05, 0.1) is 0 Å². The van der Waals surface area contributed by atoms with E-state index in [1.807, 2.05) is 6.92 Å². The summed E-state index contributed by atoms with van der Waals surface area (Å²) in [5, 5.41) is 0. The Morgan fingerprint density at radius 2 is 2.33 bits per heavy atom. The van der Waals surface area contributed by atoms with Crippen LogP contribution in [0.15, 0.2) is 18.2 Å². The number of hydrogen-bond donors (Lipinski definition) is 1. The molecule has 1 fully saturated rings. The zero-order valence-corrected chi connectivity index (χ0v) is 11.0. The van der Waals surface area contributed by atoms with Crippen LogP contribution in [-0.2, 0) is 11.3 Å². The Morgan fingerprint density at radius 1 is 1.61 bits per heavy atom. The Morgan fingerprint density at radius 3 is 2.89 bits per heavy atom. The van der Waals surface area contributed by atoms with Crippen molar-refractivity contribution in [2.75, 3.05) is 6.54 Å². The lowest BCUT2D eigenvalue weighted by Gasteiger charge is -2.18. The highest BCUT2D eigenvalue weighted by molar-refractivity contribution is 7.80. The molecule has 3 nitrogen and oxygen atoms in total. The predicted molar refractivity (Wildman–Crippen MR) is 71.5 cm³/mol. The Labute approximate surface area is 111 Å². The van der Waals surface area contributed by atoms with Crippen LogP contribution < -0.4 is 5.73 Å². The molecule has 1 aromatic rings. The minimum atomic E-state index is -0.373. The van der Waals surface area contributed by atoms with Gasteiger partial charge in [0.2, 0.25) is 5.91 Å². The molecule has 5 heteroatoms. The van der Waals surface area contributed by atoms with Gasteiger partial charge in [0.25, 0.3) is 0 Å². The second-order valence-electron chi connectivity index (χ2n) is 4.75. The summed E-state index contributed by atoms with van der Waals surface area (Å²) in [5.41, 5.74) is 6.89. The molecule has 2 N–H and O–H groups in total. The van der Waals surface area contributed by atoms with Crippen molar-refractivity contribution < 1.29 is 9.18 Å². The first-order valence-electron chi connectivity index (χ1n) is 5.83. The van der Waals surface area contributed by atoms with Gasteiger partial charge in [-0.2, -0.15) is 0 Å². The van der Waals surface area contributed by atoms with Gasteiger partial charge in [-0.1, -0.05) is 25.2 Å². The fraction of sp³-hybridized carbons (Fsp3) is 0.385. The summed E-state index contributed by atoms with van der Waals surface area (Å²) < 4.78 is 13.2. The molecule has 1 aromatic carbocycles. The van der Waals surface area contributed by atoms with Gasteiger partial charge >= 0.3 is 0 Å². The van der Waals surface area contributed by atoms with E-state index in [1.165, 1.54) is 12.1 Å². The van der Waals surface area contributed by atoms with Gasteiger partial charge in [-0.05, 0) is 23.6 Å². The molecule has 0 aliphatic carbocycles. The molecule has 1 amide bonds. The highest BCUT2D eigenvalue weighted by atomic mass is 32.1. The third kappa shape index (κ3) is 2.67. The summed E-state index contributed by atoms with van der Waals surface area (Å²) >= 11 is 4.91. The van der Waals surface area contributed by atoms with E-state index in [0.29, 0.717) is 24.4 Å². The quantitative estimate of drug-likeness (QED) is 0.849. The van der Waals surface area contributed by atoms with Crippen molar-refractivity contribution in [3.05, 3.63) is 35.1 Å². The summed E-state index contributed by atoms with van der Waals surface area (Å²) in [6, 6.07) is 4.32. The number of carbonyl (C=O) groups is 1. The molecule has 1 atom stereocenters. The van der Waals surface area contributed by atoms with Gasteiger partial charge in [-0.15, -0.1) is 0 Å². The van der Waals surface area contributed by atoms with E-state index in [-0.39, 0.29) is 16.7 Å². The Kier molecular flexibility index (Phi) is 3.61. The minimum absolute atomic E-state index is 0.126. The second-order valence-corrected chi connectivity index (χ2v) is 5.19. The van der Waals surface area contributed by atoms with Gasteiger partial charge in [-0.25, -0.2) is 4.39 Å². The van der Waals surface area contributed by atoms with Gasteiger partial charge in [0.1, 0.15) is 10.8 Å². The molecule has 1 heterocycles. The number of rotatable bonds is 3. The lowest BCUT2D eigenvalue weighted by Crippen LogP contribution is -2.26. The van der Waals surface area contributed by atoms with Crippen LogP contribution in [0, 0.1) is 11.7 Å². The topological polar surface area (TPSA) is 46.3 Å². The molecule has 1 unspecified atom stereocenters. The van der Waals surface area contributed by atoms with E-state index in [0.717, 1.165) is 12.1 Å². The SMILES string of the molecule is CC1CC(=O)N(Cc2ccc(F)cc2C(N)=S)C1. The lowest BCUT2D eigenvalue weighted by atomic mass is 10.1. The highest BCUT2D eigenvalue weighted by Gasteiger charge is 2.26. The monoisotopic (exact) mass is 266 g/mol. The first kappa shape index (κ1) is 13.0. The molecule has 96 valence electrons. The number of nitrogens with two attached hydrogens (primary N) is 1. The molecular weight excluding hydrogens is 251 g/mol. The minimum Gasteiger partial charge on any atom is -0.389 e. The lowest BCUT2D eigenvalue weighted by molar-refractivity contribution is -0.128. The van der Waals surface area contributed by atoms with E-state index in [1.54, 1.807) is 11.0 Å². The van der Waals surface area contributed by atoms with Crippen molar-refractivity contribution in [3.8, 4) is 0 Å². The van der Waals surface area contributed by atoms with Gasteiger partial charge in [0, 0.05) is 25.1 Å². The molecule has 1 aliphatic rings. The van der Waals surface area contributed by atoms with E-state index < -0.39 is 0 Å². The number of thiocarbonyl (C=S) groups is 1. The van der Waals surface area contributed by atoms with Crippen molar-refractivity contribution in [2.45, 2.75) is 19.9 Å². The normalized spacial score (nSPS) is 19.3.